The Morgan fingerprint density at radius 2 is 2.19 bits per heavy atom. The molecule has 0 spiro atoms. The molecule has 6 heteroatoms. The van der Waals surface area contributed by atoms with Crippen molar-refractivity contribution in [1.29, 1.82) is 0 Å². The van der Waals surface area contributed by atoms with E-state index in [9.17, 15) is 4.79 Å². The summed E-state index contributed by atoms with van der Waals surface area (Å²) in [6, 6.07) is -0.233. The van der Waals surface area contributed by atoms with E-state index in [1.54, 1.807) is 11.8 Å². The molecule has 2 heterocycles. The number of amides is 1. The van der Waals surface area contributed by atoms with E-state index in [0.717, 1.165) is 30.5 Å². The van der Waals surface area contributed by atoms with Crippen LogP contribution in [0.3, 0.4) is 0 Å². The molecule has 0 radical (unpaired) electrons. The molecule has 0 aliphatic carbocycles. The highest BCUT2D eigenvalue weighted by Crippen LogP contribution is 2.37. The zero-order valence-corrected chi connectivity index (χ0v) is 13.4. The summed E-state index contributed by atoms with van der Waals surface area (Å²) in [7, 11) is 3.48. The van der Waals surface area contributed by atoms with E-state index in [0.29, 0.717) is 18.8 Å². The molecule has 1 amide bonds. The molecule has 1 aliphatic rings. The normalized spacial score (nSPS) is 23.3. The summed E-state index contributed by atoms with van der Waals surface area (Å²) in [5, 5.41) is 4.44. The lowest BCUT2D eigenvalue weighted by atomic mass is 9.96. The number of nitrogens with two attached hydrogens (primary N) is 1. The van der Waals surface area contributed by atoms with Gasteiger partial charge in [0.05, 0.1) is 24.4 Å². The topological polar surface area (TPSA) is 73.4 Å². The average Bonchev–Trinajstić information content (AvgIpc) is 2.64. The number of ether oxygens (including phenoxy) is 1. The zero-order valence-electron chi connectivity index (χ0n) is 13.4. The van der Waals surface area contributed by atoms with Gasteiger partial charge in [0.1, 0.15) is 0 Å². The standard InChI is InChI=1S/C15H26N4O2/c1-5-9-19-12(20)8-6-7-11(16)14(19)13-10(2)17-18(3)15(13)21-4/h11,14H,5-9,16H2,1-4H3. The van der Waals surface area contributed by atoms with Gasteiger partial charge >= 0.3 is 0 Å². The van der Waals surface area contributed by atoms with Gasteiger partial charge in [0.25, 0.3) is 0 Å². The van der Waals surface area contributed by atoms with Crippen LogP contribution in [0.5, 0.6) is 5.88 Å². The van der Waals surface area contributed by atoms with Gasteiger partial charge in [-0.25, -0.2) is 4.68 Å². The van der Waals surface area contributed by atoms with Crippen LogP contribution in [-0.4, -0.2) is 40.3 Å². The number of carbonyl (C=O) groups excluding carboxylic acids is 1. The van der Waals surface area contributed by atoms with Crippen LogP contribution >= 0.6 is 0 Å². The molecule has 1 saturated heterocycles. The summed E-state index contributed by atoms with van der Waals surface area (Å²) in [6.07, 6.45) is 3.18. The molecule has 0 aromatic carbocycles. The molecule has 2 unspecified atom stereocenters. The van der Waals surface area contributed by atoms with Crippen LogP contribution in [0.15, 0.2) is 0 Å². The maximum atomic E-state index is 12.5. The van der Waals surface area contributed by atoms with Crippen molar-refractivity contribution in [3.8, 4) is 5.88 Å². The zero-order chi connectivity index (χ0) is 15.6. The number of hydrogen-bond acceptors (Lipinski definition) is 4. The smallest absolute Gasteiger partial charge is 0.223 e. The molecule has 1 aromatic rings. The largest absolute Gasteiger partial charge is 0.481 e. The van der Waals surface area contributed by atoms with Crippen molar-refractivity contribution < 1.29 is 9.53 Å². The quantitative estimate of drug-likeness (QED) is 0.914. The summed E-state index contributed by atoms with van der Waals surface area (Å²) in [5.41, 5.74) is 8.24. The van der Waals surface area contributed by atoms with Crippen LogP contribution in [-0.2, 0) is 11.8 Å². The second kappa shape index (κ2) is 6.47. The van der Waals surface area contributed by atoms with E-state index >= 15 is 0 Å². The monoisotopic (exact) mass is 294 g/mol. The molecule has 118 valence electrons. The molecule has 21 heavy (non-hydrogen) atoms. The Kier molecular flexibility index (Phi) is 4.88. The van der Waals surface area contributed by atoms with E-state index in [1.165, 1.54) is 0 Å². The predicted molar refractivity (Wildman–Crippen MR) is 81.1 cm³/mol. The second-order valence-electron chi connectivity index (χ2n) is 5.72. The van der Waals surface area contributed by atoms with Crippen molar-refractivity contribution in [1.82, 2.24) is 14.7 Å². The van der Waals surface area contributed by atoms with E-state index in [1.807, 2.05) is 18.9 Å². The van der Waals surface area contributed by atoms with Crippen molar-refractivity contribution in [2.24, 2.45) is 12.8 Å². The van der Waals surface area contributed by atoms with E-state index in [-0.39, 0.29) is 18.0 Å². The minimum atomic E-state index is -0.149. The number of hydrogen-bond donors (Lipinski definition) is 1. The predicted octanol–water partition coefficient (Wildman–Crippen LogP) is 1.53. The first-order valence-electron chi connectivity index (χ1n) is 7.63. The fourth-order valence-electron chi connectivity index (χ4n) is 3.29. The second-order valence-corrected chi connectivity index (χ2v) is 5.72. The lowest BCUT2D eigenvalue weighted by Gasteiger charge is -2.33. The first kappa shape index (κ1) is 15.8. The number of rotatable bonds is 4. The Hall–Kier alpha value is -1.56. The summed E-state index contributed by atoms with van der Waals surface area (Å²) < 4.78 is 7.23. The molecule has 1 fully saturated rings. The number of methoxy groups -OCH3 is 1. The summed E-state index contributed by atoms with van der Waals surface area (Å²) in [4.78, 5) is 14.4. The van der Waals surface area contributed by atoms with Crippen molar-refractivity contribution >= 4 is 5.91 Å². The first-order chi connectivity index (χ1) is 10.0. The highest BCUT2D eigenvalue weighted by Gasteiger charge is 2.36. The molecular formula is C15H26N4O2. The Labute approximate surface area is 126 Å². The fourth-order valence-corrected chi connectivity index (χ4v) is 3.29. The van der Waals surface area contributed by atoms with E-state index in [2.05, 4.69) is 12.0 Å². The van der Waals surface area contributed by atoms with E-state index < -0.39 is 0 Å². The number of aromatic nitrogens is 2. The summed E-state index contributed by atoms with van der Waals surface area (Å²) in [6.45, 7) is 4.74. The molecule has 6 nitrogen and oxygen atoms in total. The fraction of sp³-hybridized carbons (Fsp3) is 0.733. The average molecular weight is 294 g/mol. The molecular weight excluding hydrogens is 268 g/mol. The van der Waals surface area contributed by atoms with Gasteiger partial charge in [-0.3, -0.25) is 4.79 Å². The van der Waals surface area contributed by atoms with Crippen LogP contribution in [0.2, 0.25) is 0 Å². The molecule has 0 bridgehead atoms. The maximum absolute atomic E-state index is 12.5. The van der Waals surface area contributed by atoms with Crippen molar-refractivity contribution in [2.45, 2.75) is 51.6 Å². The lowest BCUT2D eigenvalue weighted by molar-refractivity contribution is -0.133. The van der Waals surface area contributed by atoms with Crippen LogP contribution in [0.1, 0.15) is 49.9 Å². The highest BCUT2D eigenvalue weighted by atomic mass is 16.5. The van der Waals surface area contributed by atoms with Gasteiger partial charge in [-0.05, 0) is 26.2 Å². The molecule has 1 aliphatic heterocycles. The number of aryl methyl sites for hydroxylation is 2. The van der Waals surface area contributed by atoms with Crippen LogP contribution < -0.4 is 10.5 Å². The van der Waals surface area contributed by atoms with Gasteiger partial charge in [0, 0.05) is 26.1 Å². The summed E-state index contributed by atoms with van der Waals surface area (Å²) in [5.74, 6) is 0.879. The van der Waals surface area contributed by atoms with Gasteiger partial charge in [0.2, 0.25) is 11.8 Å². The third-order valence-corrected chi connectivity index (χ3v) is 4.16. The molecule has 0 saturated carbocycles. The van der Waals surface area contributed by atoms with Crippen LogP contribution in [0, 0.1) is 6.92 Å². The Morgan fingerprint density at radius 1 is 1.48 bits per heavy atom. The highest BCUT2D eigenvalue weighted by molar-refractivity contribution is 5.77. The maximum Gasteiger partial charge on any atom is 0.223 e. The first-order valence-corrected chi connectivity index (χ1v) is 7.63. The van der Waals surface area contributed by atoms with Crippen molar-refractivity contribution in [3.63, 3.8) is 0 Å². The Bertz CT molecular complexity index is 512. The lowest BCUT2D eigenvalue weighted by Crippen LogP contribution is -2.42. The van der Waals surface area contributed by atoms with Gasteiger partial charge in [0.15, 0.2) is 0 Å². The SMILES string of the molecule is CCCN1C(=O)CCCC(N)C1c1c(C)nn(C)c1OC. The minimum Gasteiger partial charge on any atom is -0.481 e. The van der Waals surface area contributed by atoms with Crippen molar-refractivity contribution in [2.75, 3.05) is 13.7 Å². The molecule has 2 N–H and O–H groups in total. The van der Waals surface area contributed by atoms with Gasteiger partial charge in [-0.2, -0.15) is 5.10 Å². The molecule has 2 atom stereocenters. The number of carbonyl (C=O) groups is 1. The number of likely N-dealkylation sites (tertiary alicyclic amines) is 1. The van der Waals surface area contributed by atoms with Crippen molar-refractivity contribution in [3.05, 3.63) is 11.3 Å². The van der Waals surface area contributed by atoms with Gasteiger partial charge in [-0.15, -0.1) is 0 Å². The Morgan fingerprint density at radius 3 is 2.81 bits per heavy atom. The number of nitrogens with zero attached hydrogens (tertiary/aromatic N) is 3. The summed E-state index contributed by atoms with van der Waals surface area (Å²) >= 11 is 0. The van der Waals surface area contributed by atoms with E-state index in [4.69, 9.17) is 10.5 Å². The third-order valence-electron chi connectivity index (χ3n) is 4.16. The third kappa shape index (κ3) is 2.90. The van der Waals surface area contributed by atoms with Gasteiger partial charge < -0.3 is 15.4 Å². The molecule has 2 rings (SSSR count). The minimum absolute atomic E-state index is 0.0835. The van der Waals surface area contributed by atoms with Crippen LogP contribution in [0.25, 0.3) is 0 Å². The van der Waals surface area contributed by atoms with Crippen LogP contribution in [0.4, 0.5) is 0 Å². The van der Waals surface area contributed by atoms with Gasteiger partial charge in [-0.1, -0.05) is 6.92 Å². The Balaban J connectivity index is 2.51. The molecule has 1 aromatic heterocycles.